The number of rotatable bonds is 5. The Kier molecular flexibility index (Phi) is 4.10. The van der Waals surface area contributed by atoms with E-state index in [2.05, 4.69) is 9.71 Å². The molecule has 4 rings (SSSR count). The van der Waals surface area contributed by atoms with Gasteiger partial charge in [0, 0.05) is 32.4 Å². The highest BCUT2D eigenvalue weighted by molar-refractivity contribution is 7.99. The fraction of sp³-hybridized carbons (Fsp3) is 0.222. The number of benzene rings is 2. The zero-order valence-corrected chi connectivity index (χ0v) is 15.2. The number of sulfonamides is 1. The van der Waals surface area contributed by atoms with Gasteiger partial charge in [-0.1, -0.05) is 11.8 Å². The molecule has 0 amide bonds. The largest absolute Gasteiger partial charge is 0.358 e. The second-order valence-electron chi connectivity index (χ2n) is 6.24. The lowest BCUT2D eigenvalue weighted by atomic mass is 10.2. The minimum absolute atomic E-state index is 0.0910. The SMILES string of the molecule is Cc1[nH]c2cc(F)ccc2c1Sc1ccc(S(=O)(=O)NC2CC2)cc1. The van der Waals surface area contributed by atoms with Crippen molar-refractivity contribution >= 4 is 32.7 Å². The minimum atomic E-state index is -3.43. The van der Waals surface area contributed by atoms with Crippen LogP contribution in [0.1, 0.15) is 18.5 Å². The van der Waals surface area contributed by atoms with E-state index >= 15 is 0 Å². The summed E-state index contributed by atoms with van der Waals surface area (Å²) in [5, 5.41) is 0.955. The van der Waals surface area contributed by atoms with E-state index in [4.69, 9.17) is 0 Å². The van der Waals surface area contributed by atoms with Crippen LogP contribution < -0.4 is 4.72 Å². The van der Waals surface area contributed by atoms with Gasteiger partial charge in [0.05, 0.1) is 4.90 Å². The Balaban J connectivity index is 1.60. The Morgan fingerprint density at radius 1 is 1.16 bits per heavy atom. The zero-order valence-electron chi connectivity index (χ0n) is 13.5. The average molecular weight is 376 g/mol. The van der Waals surface area contributed by atoms with Crippen molar-refractivity contribution in [2.45, 2.75) is 40.5 Å². The van der Waals surface area contributed by atoms with Crippen molar-refractivity contribution in [3.8, 4) is 0 Å². The number of hydrogen-bond acceptors (Lipinski definition) is 3. The second kappa shape index (κ2) is 6.16. The number of hydrogen-bond donors (Lipinski definition) is 2. The van der Waals surface area contributed by atoms with Crippen molar-refractivity contribution < 1.29 is 12.8 Å². The van der Waals surface area contributed by atoms with E-state index in [-0.39, 0.29) is 16.8 Å². The fourth-order valence-corrected chi connectivity index (χ4v) is 5.01. The number of aromatic nitrogens is 1. The summed E-state index contributed by atoms with van der Waals surface area (Å²) in [7, 11) is -3.43. The normalized spacial score (nSPS) is 15.0. The second-order valence-corrected chi connectivity index (χ2v) is 9.04. The van der Waals surface area contributed by atoms with Crippen LogP contribution in [0.4, 0.5) is 4.39 Å². The summed E-state index contributed by atoms with van der Waals surface area (Å²) in [5.74, 6) is -0.275. The number of nitrogens with one attached hydrogen (secondary N) is 2. The molecule has 0 radical (unpaired) electrons. The molecule has 1 aliphatic rings. The molecule has 0 saturated heterocycles. The van der Waals surface area contributed by atoms with Gasteiger partial charge in [0.1, 0.15) is 5.82 Å². The molecule has 1 fully saturated rings. The van der Waals surface area contributed by atoms with Crippen molar-refractivity contribution in [1.82, 2.24) is 9.71 Å². The van der Waals surface area contributed by atoms with Crippen LogP contribution in [0.15, 0.2) is 57.2 Å². The molecule has 3 aromatic rings. The van der Waals surface area contributed by atoms with Gasteiger partial charge < -0.3 is 4.98 Å². The molecule has 0 aliphatic heterocycles. The summed E-state index contributed by atoms with van der Waals surface area (Å²) in [6.07, 6.45) is 1.82. The number of halogens is 1. The molecule has 2 aromatic carbocycles. The first kappa shape index (κ1) is 16.6. The molecule has 130 valence electrons. The summed E-state index contributed by atoms with van der Waals surface area (Å²) < 4.78 is 40.5. The highest BCUT2D eigenvalue weighted by Gasteiger charge is 2.27. The van der Waals surface area contributed by atoms with Gasteiger partial charge in [-0.25, -0.2) is 17.5 Å². The molecule has 2 N–H and O–H groups in total. The van der Waals surface area contributed by atoms with Crippen molar-refractivity contribution in [1.29, 1.82) is 0 Å². The molecule has 1 heterocycles. The van der Waals surface area contributed by atoms with Gasteiger partial charge in [-0.05, 0) is 62.2 Å². The third kappa shape index (κ3) is 3.44. The third-order valence-corrected chi connectivity index (χ3v) is 6.92. The van der Waals surface area contributed by atoms with Crippen LogP contribution in [-0.2, 0) is 10.0 Å². The van der Waals surface area contributed by atoms with E-state index in [0.29, 0.717) is 0 Å². The highest BCUT2D eigenvalue weighted by atomic mass is 32.2. The molecule has 1 aromatic heterocycles. The minimum Gasteiger partial charge on any atom is -0.358 e. The monoisotopic (exact) mass is 376 g/mol. The first-order valence-corrected chi connectivity index (χ1v) is 10.3. The molecule has 0 atom stereocenters. The Bertz CT molecular complexity index is 1040. The van der Waals surface area contributed by atoms with Crippen LogP contribution in [0.25, 0.3) is 10.9 Å². The number of aromatic amines is 1. The average Bonchev–Trinajstić information content (AvgIpc) is 3.31. The number of H-pyrrole nitrogens is 1. The Morgan fingerprint density at radius 3 is 2.56 bits per heavy atom. The summed E-state index contributed by atoms with van der Waals surface area (Å²) >= 11 is 1.53. The lowest BCUT2D eigenvalue weighted by Gasteiger charge is -2.07. The zero-order chi connectivity index (χ0) is 17.6. The molecule has 25 heavy (non-hydrogen) atoms. The molecule has 0 bridgehead atoms. The van der Waals surface area contributed by atoms with Gasteiger partial charge in [0.2, 0.25) is 10.0 Å². The predicted molar refractivity (Wildman–Crippen MR) is 96.9 cm³/mol. The quantitative estimate of drug-likeness (QED) is 0.701. The molecule has 0 unspecified atom stereocenters. The lowest BCUT2D eigenvalue weighted by Crippen LogP contribution is -2.25. The van der Waals surface area contributed by atoms with Gasteiger partial charge >= 0.3 is 0 Å². The Morgan fingerprint density at radius 2 is 1.88 bits per heavy atom. The van der Waals surface area contributed by atoms with Gasteiger partial charge in [0.25, 0.3) is 0 Å². The van der Waals surface area contributed by atoms with Gasteiger partial charge in [-0.3, -0.25) is 0 Å². The maximum atomic E-state index is 13.4. The van der Waals surface area contributed by atoms with Crippen molar-refractivity contribution in [2.24, 2.45) is 0 Å². The Labute approximate surface area is 149 Å². The molecular formula is C18H17FN2O2S2. The van der Waals surface area contributed by atoms with Crippen LogP contribution >= 0.6 is 11.8 Å². The maximum absolute atomic E-state index is 13.4. The van der Waals surface area contributed by atoms with Crippen LogP contribution in [0.3, 0.4) is 0 Å². The highest BCUT2D eigenvalue weighted by Crippen LogP contribution is 2.37. The van der Waals surface area contributed by atoms with E-state index in [1.165, 1.54) is 23.9 Å². The Hall–Kier alpha value is -1.83. The third-order valence-electron chi connectivity index (χ3n) is 4.14. The number of aryl methyl sites for hydroxylation is 1. The van der Waals surface area contributed by atoms with E-state index < -0.39 is 10.0 Å². The van der Waals surface area contributed by atoms with Crippen LogP contribution in [0.5, 0.6) is 0 Å². The van der Waals surface area contributed by atoms with Crippen molar-refractivity contribution in [3.63, 3.8) is 0 Å². The van der Waals surface area contributed by atoms with Gasteiger partial charge in [-0.15, -0.1) is 0 Å². The summed E-state index contributed by atoms with van der Waals surface area (Å²) in [6, 6.07) is 11.6. The number of fused-ring (bicyclic) bond motifs is 1. The first-order chi connectivity index (χ1) is 11.9. The van der Waals surface area contributed by atoms with Crippen molar-refractivity contribution in [3.05, 3.63) is 54.0 Å². The van der Waals surface area contributed by atoms with Gasteiger partial charge in [0.15, 0.2) is 0 Å². The molecule has 7 heteroatoms. The van der Waals surface area contributed by atoms with Crippen molar-refractivity contribution in [2.75, 3.05) is 0 Å². The van der Waals surface area contributed by atoms with Crippen LogP contribution in [0, 0.1) is 12.7 Å². The molecule has 0 spiro atoms. The molecule has 4 nitrogen and oxygen atoms in total. The lowest BCUT2D eigenvalue weighted by molar-refractivity contribution is 0.581. The summed E-state index contributed by atoms with van der Waals surface area (Å²) in [6.45, 7) is 1.94. The van der Waals surface area contributed by atoms with Gasteiger partial charge in [-0.2, -0.15) is 0 Å². The predicted octanol–water partition coefficient (Wildman–Crippen LogP) is 4.21. The fourth-order valence-electron chi connectivity index (χ4n) is 2.70. The smallest absolute Gasteiger partial charge is 0.240 e. The molecular weight excluding hydrogens is 359 g/mol. The summed E-state index contributed by atoms with van der Waals surface area (Å²) in [5.41, 5.74) is 1.71. The topological polar surface area (TPSA) is 62.0 Å². The van der Waals surface area contributed by atoms with E-state index in [0.717, 1.165) is 39.2 Å². The first-order valence-electron chi connectivity index (χ1n) is 8.00. The summed E-state index contributed by atoms with van der Waals surface area (Å²) in [4.78, 5) is 5.41. The van der Waals surface area contributed by atoms with E-state index in [1.54, 1.807) is 30.3 Å². The van der Waals surface area contributed by atoms with E-state index in [9.17, 15) is 12.8 Å². The maximum Gasteiger partial charge on any atom is 0.240 e. The van der Waals surface area contributed by atoms with Crippen LogP contribution in [0.2, 0.25) is 0 Å². The molecule has 1 saturated carbocycles. The molecule has 1 aliphatic carbocycles. The standard InChI is InChI=1S/C18H17FN2O2S2/c1-11-18(16-9-2-12(19)10-17(16)20-11)24-14-5-7-15(8-6-14)25(22,23)21-13-3-4-13/h2,5-10,13,20-21H,3-4H2,1H3. The van der Waals surface area contributed by atoms with E-state index in [1.807, 2.05) is 6.92 Å². The van der Waals surface area contributed by atoms with Crippen LogP contribution in [-0.4, -0.2) is 19.4 Å².